The molecule has 0 bridgehead atoms. The third-order valence-electron chi connectivity index (χ3n) is 4.57. The maximum Gasteiger partial charge on any atom is 0.257 e. The average Bonchev–Trinajstić information content (AvgIpc) is 3.32. The summed E-state index contributed by atoms with van der Waals surface area (Å²) in [6, 6.07) is 20.9. The number of carbonyl (C=O) groups is 1. The van der Waals surface area contributed by atoms with Crippen LogP contribution in [0.4, 0.5) is 5.13 Å². The lowest BCUT2D eigenvalue weighted by molar-refractivity contribution is 0.102. The van der Waals surface area contributed by atoms with Crippen LogP contribution in [-0.4, -0.2) is 29.6 Å². The van der Waals surface area contributed by atoms with E-state index in [2.05, 4.69) is 15.3 Å². The predicted octanol–water partition coefficient (Wildman–Crippen LogP) is 5.09. The highest BCUT2D eigenvalue weighted by atomic mass is 32.1. The Morgan fingerprint density at radius 3 is 2.77 bits per heavy atom. The highest BCUT2D eigenvalue weighted by Crippen LogP contribution is 2.22. The summed E-state index contributed by atoms with van der Waals surface area (Å²) >= 11 is 1.38. The van der Waals surface area contributed by atoms with Crippen LogP contribution >= 0.6 is 11.3 Å². The van der Waals surface area contributed by atoms with Crippen LogP contribution in [-0.2, 0) is 6.42 Å². The van der Waals surface area contributed by atoms with Crippen molar-refractivity contribution in [2.75, 3.05) is 19.0 Å². The summed E-state index contributed by atoms with van der Waals surface area (Å²) in [6.07, 6.45) is 2.40. The van der Waals surface area contributed by atoms with E-state index in [4.69, 9.17) is 9.47 Å². The Morgan fingerprint density at radius 2 is 1.94 bits per heavy atom. The van der Waals surface area contributed by atoms with Gasteiger partial charge in [0.15, 0.2) is 5.13 Å². The number of amides is 1. The van der Waals surface area contributed by atoms with Crippen molar-refractivity contribution in [2.45, 2.75) is 6.42 Å². The van der Waals surface area contributed by atoms with E-state index >= 15 is 0 Å². The van der Waals surface area contributed by atoms with Gasteiger partial charge in [-0.15, -0.1) is 11.3 Å². The van der Waals surface area contributed by atoms with E-state index in [1.54, 1.807) is 19.4 Å². The highest BCUT2D eigenvalue weighted by Gasteiger charge is 2.10. The molecule has 4 aromatic rings. The Morgan fingerprint density at radius 1 is 1.06 bits per heavy atom. The summed E-state index contributed by atoms with van der Waals surface area (Å²) in [5, 5.41) is 5.18. The van der Waals surface area contributed by atoms with Crippen LogP contribution in [0.1, 0.15) is 15.9 Å². The lowest BCUT2D eigenvalue weighted by Crippen LogP contribution is -2.11. The summed E-state index contributed by atoms with van der Waals surface area (Å²) in [5.41, 5.74) is 3.25. The molecule has 0 aliphatic rings. The summed E-state index contributed by atoms with van der Waals surface area (Å²) < 4.78 is 11.1. The van der Waals surface area contributed by atoms with Crippen molar-refractivity contribution in [1.82, 2.24) is 9.97 Å². The maximum atomic E-state index is 12.5. The van der Waals surface area contributed by atoms with Gasteiger partial charge < -0.3 is 9.47 Å². The zero-order chi connectivity index (χ0) is 21.5. The summed E-state index contributed by atoms with van der Waals surface area (Å²) in [5.74, 6) is 1.16. The van der Waals surface area contributed by atoms with Crippen LogP contribution in [0.3, 0.4) is 0 Å². The summed E-state index contributed by atoms with van der Waals surface area (Å²) in [7, 11) is 1.66. The number of nitrogens with one attached hydrogen (secondary N) is 1. The second-order valence-electron chi connectivity index (χ2n) is 6.68. The molecule has 0 fully saturated rings. The Hall–Kier alpha value is -3.71. The quantitative estimate of drug-likeness (QED) is 0.421. The number of anilines is 1. The van der Waals surface area contributed by atoms with Gasteiger partial charge in [-0.05, 0) is 35.9 Å². The minimum Gasteiger partial charge on any atom is -0.497 e. The molecule has 1 N–H and O–H groups in total. The number of hydrogen-bond donors (Lipinski definition) is 1. The van der Waals surface area contributed by atoms with Crippen molar-refractivity contribution < 1.29 is 14.3 Å². The van der Waals surface area contributed by atoms with Gasteiger partial charge in [-0.2, -0.15) is 0 Å². The molecule has 7 heteroatoms. The van der Waals surface area contributed by atoms with Crippen LogP contribution in [0.2, 0.25) is 0 Å². The van der Waals surface area contributed by atoms with Crippen LogP contribution in [0, 0.1) is 0 Å². The van der Waals surface area contributed by atoms with Gasteiger partial charge in [0.1, 0.15) is 5.75 Å². The molecule has 0 aliphatic carbocycles. The van der Waals surface area contributed by atoms with Crippen molar-refractivity contribution in [1.29, 1.82) is 0 Å². The number of nitrogens with zero attached hydrogens (tertiary/aromatic N) is 2. The molecule has 6 nitrogen and oxygen atoms in total. The molecule has 0 atom stereocenters. The molecule has 31 heavy (non-hydrogen) atoms. The van der Waals surface area contributed by atoms with Gasteiger partial charge in [0, 0.05) is 35.2 Å². The predicted molar refractivity (Wildman–Crippen MR) is 122 cm³/mol. The molecule has 156 valence electrons. The fourth-order valence-electron chi connectivity index (χ4n) is 3.03. The molecule has 2 heterocycles. The first-order valence-corrected chi connectivity index (χ1v) is 10.6. The zero-order valence-corrected chi connectivity index (χ0v) is 17.8. The minimum atomic E-state index is -0.206. The van der Waals surface area contributed by atoms with Crippen LogP contribution in [0.5, 0.6) is 11.6 Å². The summed E-state index contributed by atoms with van der Waals surface area (Å²) in [6.45, 7) is 0.500. The van der Waals surface area contributed by atoms with Gasteiger partial charge in [0.05, 0.1) is 19.4 Å². The number of ether oxygens (including phenoxy) is 2. The van der Waals surface area contributed by atoms with Crippen LogP contribution < -0.4 is 14.8 Å². The average molecular weight is 432 g/mol. The molecule has 4 rings (SSSR count). The smallest absolute Gasteiger partial charge is 0.257 e. The van der Waals surface area contributed by atoms with Gasteiger partial charge in [0.25, 0.3) is 5.91 Å². The zero-order valence-electron chi connectivity index (χ0n) is 16.9. The first-order chi connectivity index (χ1) is 15.2. The molecule has 0 radical (unpaired) electrons. The third kappa shape index (κ3) is 5.46. The minimum absolute atomic E-state index is 0.206. The first-order valence-electron chi connectivity index (χ1n) is 9.75. The van der Waals surface area contributed by atoms with E-state index in [-0.39, 0.29) is 5.91 Å². The van der Waals surface area contributed by atoms with E-state index in [9.17, 15) is 4.79 Å². The van der Waals surface area contributed by atoms with Gasteiger partial charge >= 0.3 is 0 Å². The fraction of sp³-hybridized carbons (Fsp3) is 0.125. The van der Waals surface area contributed by atoms with E-state index in [1.165, 1.54) is 11.3 Å². The Labute approximate surface area is 184 Å². The number of methoxy groups -OCH3 is 1. The summed E-state index contributed by atoms with van der Waals surface area (Å²) in [4.78, 5) is 21.2. The number of thiazole rings is 1. The largest absolute Gasteiger partial charge is 0.497 e. The van der Waals surface area contributed by atoms with Crippen molar-refractivity contribution >= 4 is 22.4 Å². The first kappa shape index (κ1) is 20.6. The Bertz CT molecular complexity index is 1160. The van der Waals surface area contributed by atoms with Crippen molar-refractivity contribution in [3.63, 3.8) is 0 Å². The molecule has 2 aromatic carbocycles. The lowest BCUT2D eigenvalue weighted by atomic mass is 10.1. The van der Waals surface area contributed by atoms with Crippen molar-refractivity contribution in [3.8, 4) is 22.9 Å². The van der Waals surface area contributed by atoms with Crippen LogP contribution in [0.25, 0.3) is 11.3 Å². The van der Waals surface area contributed by atoms with Crippen molar-refractivity contribution in [2.24, 2.45) is 0 Å². The molecular formula is C24H21N3O3S. The molecule has 2 aromatic heterocycles. The fourth-order valence-corrected chi connectivity index (χ4v) is 3.56. The normalized spacial score (nSPS) is 10.5. The van der Waals surface area contributed by atoms with E-state index < -0.39 is 0 Å². The van der Waals surface area contributed by atoms with Gasteiger partial charge in [-0.3, -0.25) is 10.1 Å². The molecular weight excluding hydrogens is 410 g/mol. The van der Waals surface area contributed by atoms with Crippen LogP contribution in [0.15, 0.2) is 78.3 Å². The second kappa shape index (κ2) is 9.86. The maximum absolute atomic E-state index is 12.5. The molecule has 0 saturated heterocycles. The van der Waals surface area contributed by atoms with Gasteiger partial charge in [-0.1, -0.05) is 30.3 Å². The van der Waals surface area contributed by atoms with E-state index in [1.807, 2.05) is 66.0 Å². The third-order valence-corrected chi connectivity index (χ3v) is 5.26. The molecule has 0 spiro atoms. The number of aromatic nitrogens is 2. The second-order valence-corrected chi connectivity index (χ2v) is 7.58. The molecule has 1 amide bonds. The lowest BCUT2D eigenvalue weighted by Gasteiger charge is -2.09. The monoisotopic (exact) mass is 431 g/mol. The van der Waals surface area contributed by atoms with Gasteiger partial charge in [-0.25, -0.2) is 9.97 Å². The number of carbonyl (C=O) groups excluding carboxylic acids is 1. The Balaban J connectivity index is 1.42. The standard InChI is InChI=1S/C24H21N3O3S/c1-29-20-8-2-5-17(15-20)11-13-30-22-10-4-9-21(26-22)18-6-3-7-19(16-18)23(28)27-24-25-12-14-31-24/h2-10,12,14-16H,11,13H2,1H3,(H,25,27,28). The molecule has 0 aliphatic heterocycles. The van der Waals surface area contributed by atoms with Crippen molar-refractivity contribution in [3.05, 3.63) is 89.4 Å². The van der Waals surface area contributed by atoms with Gasteiger partial charge in [0.2, 0.25) is 5.88 Å². The van der Waals surface area contributed by atoms with E-state index in [0.717, 1.165) is 29.0 Å². The van der Waals surface area contributed by atoms with E-state index in [0.29, 0.717) is 23.2 Å². The molecule has 0 unspecified atom stereocenters. The Kier molecular flexibility index (Phi) is 6.54. The molecule has 0 saturated carbocycles. The number of hydrogen-bond acceptors (Lipinski definition) is 6. The SMILES string of the molecule is COc1cccc(CCOc2cccc(-c3cccc(C(=O)Nc4nccs4)c3)n2)c1. The highest BCUT2D eigenvalue weighted by molar-refractivity contribution is 7.13. The number of benzene rings is 2. The number of pyridine rings is 1. The number of rotatable bonds is 8. The topological polar surface area (TPSA) is 73.3 Å².